The topological polar surface area (TPSA) is 40.5 Å². The fourth-order valence-electron chi connectivity index (χ4n) is 3.52. The summed E-state index contributed by atoms with van der Waals surface area (Å²) in [5.74, 6) is 1.43. The molecule has 0 radical (unpaired) electrons. The van der Waals surface area contributed by atoms with E-state index in [1.165, 1.54) is 0 Å². The minimum atomic E-state index is -0.115. The van der Waals surface area contributed by atoms with Crippen molar-refractivity contribution in [3.63, 3.8) is 0 Å². The number of aromatic hydroxyl groups is 2. The molecule has 136 valence electrons. The molecule has 0 aliphatic heterocycles. The molecule has 0 bridgehead atoms. The van der Waals surface area contributed by atoms with E-state index in [9.17, 15) is 10.2 Å². The highest BCUT2D eigenvalue weighted by Gasteiger charge is 2.26. The predicted molar refractivity (Wildman–Crippen MR) is 106 cm³/mol. The van der Waals surface area contributed by atoms with E-state index >= 15 is 0 Å². The minimum Gasteiger partial charge on any atom is -0.507 e. The lowest BCUT2D eigenvalue weighted by atomic mass is 9.77. The van der Waals surface area contributed by atoms with Gasteiger partial charge >= 0.3 is 0 Å². The number of hydrogen-bond acceptors (Lipinski definition) is 2. The predicted octanol–water partition coefficient (Wildman–Crippen LogP) is 6.39. The zero-order chi connectivity index (χ0) is 18.8. The number of rotatable bonds is 6. The Labute approximate surface area is 152 Å². The van der Waals surface area contributed by atoms with Gasteiger partial charge in [0.2, 0.25) is 0 Å². The van der Waals surface area contributed by atoms with Crippen LogP contribution in [-0.4, -0.2) is 10.2 Å². The number of aryl methyl sites for hydroxylation is 1. The molecule has 2 N–H and O–H groups in total. The Bertz CT molecular complexity index is 729. The van der Waals surface area contributed by atoms with Crippen LogP contribution < -0.4 is 0 Å². The molecule has 2 heteroatoms. The van der Waals surface area contributed by atoms with Crippen LogP contribution in [0, 0.1) is 6.92 Å². The van der Waals surface area contributed by atoms with Crippen LogP contribution in [0.2, 0.25) is 0 Å². The van der Waals surface area contributed by atoms with Crippen molar-refractivity contribution in [1.82, 2.24) is 0 Å². The van der Waals surface area contributed by atoms with Crippen LogP contribution in [0.15, 0.2) is 36.4 Å². The number of phenols is 2. The highest BCUT2D eigenvalue weighted by molar-refractivity contribution is 5.45. The largest absolute Gasteiger partial charge is 0.507 e. The standard InChI is InChI=1S/C23H32O2/c1-15(2)18-10-8-11-19(22(18)25)16(3)13-14-23(5,6)20-12-7-9-17(4)21(20)24/h7-12,15-16,24-25H,13-14H2,1-6H3. The first-order valence-corrected chi connectivity index (χ1v) is 9.26. The molecule has 2 aromatic rings. The molecule has 1 atom stereocenters. The zero-order valence-corrected chi connectivity index (χ0v) is 16.4. The molecule has 0 spiro atoms. The van der Waals surface area contributed by atoms with Gasteiger partial charge in [0.15, 0.2) is 0 Å². The first kappa shape index (κ1) is 19.4. The van der Waals surface area contributed by atoms with Crippen molar-refractivity contribution in [1.29, 1.82) is 0 Å². The van der Waals surface area contributed by atoms with E-state index in [2.05, 4.69) is 34.6 Å². The third kappa shape index (κ3) is 4.18. The van der Waals surface area contributed by atoms with Gasteiger partial charge in [-0.2, -0.15) is 0 Å². The summed E-state index contributed by atoms with van der Waals surface area (Å²) in [5.41, 5.74) is 3.84. The number of phenolic OH excluding ortho intramolecular Hbond substituents is 2. The molecular formula is C23H32O2. The summed E-state index contributed by atoms with van der Waals surface area (Å²) in [6.07, 6.45) is 1.89. The Morgan fingerprint density at radius 2 is 1.48 bits per heavy atom. The Morgan fingerprint density at radius 3 is 2.12 bits per heavy atom. The minimum absolute atomic E-state index is 0.115. The third-order valence-corrected chi connectivity index (χ3v) is 5.42. The first-order chi connectivity index (χ1) is 11.6. The molecular weight excluding hydrogens is 308 g/mol. The average molecular weight is 341 g/mol. The fraction of sp³-hybridized carbons (Fsp3) is 0.478. The fourth-order valence-corrected chi connectivity index (χ4v) is 3.52. The molecule has 0 aliphatic rings. The Hall–Kier alpha value is -1.96. The molecule has 0 fully saturated rings. The normalized spacial score (nSPS) is 13.2. The van der Waals surface area contributed by atoms with E-state index < -0.39 is 0 Å². The maximum absolute atomic E-state index is 10.6. The van der Waals surface area contributed by atoms with Gasteiger partial charge in [0, 0.05) is 0 Å². The van der Waals surface area contributed by atoms with Crippen molar-refractivity contribution in [3.05, 3.63) is 58.7 Å². The lowest BCUT2D eigenvalue weighted by Crippen LogP contribution is -2.18. The summed E-state index contributed by atoms with van der Waals surface area (Å²) in [4.78, 5) is 0. The van der Waals surface area contributed by atoms with Crippen LogP contribution in [0.3, 0.4) is 0 Å². The van der Waals surface area contributed by atoms with Gasteiger partial charge in [-0.15, -0.1) is 0 Å². The lowest BCUT2D eigenvalue weighted by Gasteiger charge is -2.28. The number of hydrogen-bond donors (Lipinski definition) is 2. The number of para-hydroxylation sites is 2. The summed E-state index contributed by atoms with van der Waals surface area (Å²) < 4.78 is 0. The van der Waals surface area contributed by atoms with Crippen LogP contribution >= 0.6 is 0 Å². The van der Waals surface area contributed by atoms with Crippen molar-refractivity contribution in [2.75, 3.05) is 0 Å². The second kappa shape index (κ2) is 7.51. The monoisotopic (exact) mass is 340 g/mol. The quantitative estimate of drug-likeness (QED) is 0.639. The van der Waals surface area contributed by atoms with Gasteiger partial charge in [0.05, 0.1) is 0 Å². The summed E-state index contributed by atoms with van der Waals surface area (Å²) in [6.45, 7) is 12.7. The Morgan fingerprint density at radius 1 is 0.880 bits per heavy atom. The van der Waals surface area contributed by atoms with Gasteiger partial charge in [-0.1, -0.05) is 71.0 Å². The average Bonchev–Trinajstić information content (AvgIpc) is 2.55. The highest BCUT2D eigenvalue weighted by atomic mass is 16.3. The van der Waals surface area contributed by atoms with Gasteiger partial charge in [-0.25, -0.2) is 0 Å². The molecule has 2 aromatic carbocycles. The smallest absolute Gasteiger partial charge is 0.122 e. The second-order valence-electron chi connectivity index (χ2n) is 8.23. The van der Waals surface area contributed by atoms with Crippen LogP contribution in [0.25, 0.3) is 0 Å². The highest BCUT2D eigenvalue weighted by Crippen LogP contribution is 2.40. The second-order valence-corrected chi connectivity index (χ2v) is 8.23. The molecule has 2 nitrogen and oxygen atoms in total. The van der Waals surface area contributed by atoms with Crippen LogP contribution in [0.5, 0.6) is 11.5 Å². The van der Waals surface area contributed by atoms with Crippen LogP contribution in [-0.2, 0) is 5.41 Å². The van der Waals surface area contributed by atoms with Gasteiger partial charge < -0.3 is 10.2 Å². The SMILES string of the molecule is Cc1cccc(C(C)(C)CCC(C)c2cccc(C(C)C)c2O)c1O. The molecule has 25 heavy (non-hydrogen) atoms. The van der Waals surface area contributed by atoms with E-state index in [1.54, 1.807) is 0 Å². The van der Waals surface area contributed by atoms with Crippen molar-refractivity contribution in [3.8, 4) is 11.5 Å². The van der Waals surface area contributed by atoms with E-state index in [0.717, 1.165) is 35.1 Å². The number of benzene rings is 2. The maximum Gasteiger partial charge on any atom is 0.122 e. The van der Waals surface area contributed by atoms with Crippen LogP contribution in [0.4, 0.5) is 0 Å². The third-order valence-electron chi connectivity index (χ3n) is 5.42. The van der Waals surface area contributed by atoms with Gasteiger partial charge in [-0.05, 0) is 59.3 Å². The molecule has 0 aromatic heterocycles. The molecule has 0 saturated heterocycles. The van der Waals surface area contributed by atoms with E-state index in [-0.39, 0.29) is 11.3 Å². The van der Waals surface area contributed by atoms with Gasteiger partial charge in [-0.3, -0.25) is 0 Å². The van der Waals surface area contributed by atoms with Crippen molar-refractivity contribution in [2.45, 2.75) is 71.6 Å². The molecule has 2 rings (SSSR count). The van der Waals surface area contributed by atoms with E-state index in [1.807, 2.05) is 43.3 Å². The summed E-state index contributed by atoms with van der Waals surface area (Å²) >= 11 is 0. The molecule has 0 heterocycles. The Balaban J connectivity index is 2.18. The van der Waals surface area contributed by atoms with Crippen molar-refractivity contribution < 1.29 is 10.2 Å². The van der Waals surface area contributed by atoms with Crippen molar-refractivity contribution in [2.24, 2.45) is 0 Å². The summed E-state index contributed by atoms with van der Waals surface area (Å²) in [5, 5.41) is 21.0. The van der Waals surface area contributed by atoms with Crippen LogP contribution in [0.1, 0.15) is 81.5 Å². The van der Waals surface area contributed by atoms with Gasteiger partial charge in [0.25, 0.3) is 0 Å². The Kier molecular flexibility index (Phi) is 5.82. The first-order valence-electron chi connectivity index (χ1n) is 9.26. The molecule has 0 aliphatic carbocycles. The molecule has 0 amide bonds. The van der Waals surface area contributed by atoms with Gasteiger partial charge in [0.1, 0.15) is 11.5 Å². The zero-order valence-electron chi connectivity index (χ0n) is 16.4. The summed E-state index contributed by atoms with van der Waals surface area (Å²) in [7, 11) is 0. The molecule has 0 saturated carbocycles. The maximum atomic E-state index is 10.6. The van der Waals surface area contributed by atoms with E-state index in [4.69, 9.17) is 0 Å². The molecule has 1 unspecified atom stereocenters. The van der Waals surface area contributed by atoms with E-state index in [0.29, 0.717) is 17.4 Å². The summed E-state index contributed by atoms with van der Waals surface area (Å²) in [6, 6.07) is 12.0. The van der Waals surface area contributed by atoms with Crippen molar-refractivity contribution >= 4 is 0 Å². The lowest BCUT2D eigenvalue weighted by molar-refractivity contribution is 0.395.